The highest BCUT2D eigenvalue weighted by Gasteiger charge is 2.31. The number of pyridine rings is 1. The second-order valence-electron chi connectivity index (χ2n) is 7.12. The van der Waals surface area contributed by atoms with E-state index < -0.39 is 0 Å². The number of hydrogen-bond acceptors (Lipinski definition) is 3. The SMILES string of the molecule is CCn1c([C@@H]2CCN(C(=O)c3ccc(C)cc3C)C2)nc2cccnc21. The number of benzene rings is 1. The Kier molecular flexibility index (Phi) is 4.23. The van der Waals surface area contributed by atoms with Crippen molar-refractivity contribution in [2.24, 2.45) is 0 Å². The van der Waals surface area contributed by atoms with Gasteiger partial charge in [0.1, 0.15) is 11.3 Å². The van der Waals surface area contributed by atoms with Crippen LogP contribution in [0.2, 0.25) is 0 Å². The van der Waals surface area contributed by atoms with Crippen LogP contribution in [0.25, 0.3) is 11.2 Å². The smallest absolute Gasteiger partial charge is 0.254 e. The Morgan fingerprint density at radius 2 is 2.12 bits per heavy atom. The predicted molar refractivity (Wildman–Crippen MR) is 102 cm³/mol. The Hall–Kier alpha value is -2.69. The lowest BCUT2D eigenvalue weighted by atomic mass is 10.0. The predicted octanol–water partition coefficient (Wildman–Crippen LogP) is 3.70. The first-order valence-corrected chi connectivity index (χ1v) is 9.26. The summed E-state index contributed by atoms with van der Waals surface area (Å²) >= 11 is 0. The number of hydrogen-bond donors (Lipinski definition) is 0. The van der Waals surface area contributed by atoms with E-state index >= 15 is 0 Å². The monoisotopic (exact) mass is 348 g/mol. The molecule has 1 aliphatic rings. The average Bonchev–Trinajstić information content (AvgIpc) is 3.25. The summed E-state index contributed by atoms with van der Waals surface area (Å²) in [5.74, 6) is 1.44. The Morgan fingerprint density at radius 1 is 1.27 bits per heavy atom. The van der Waals surface area contributed by atoms with Crippen LogP contribution in [-0.2, 0) is 6.54 Å². The molecule has 0 aliphatic carbocycles. The van der Waals surface area contributed by atoms with Crippen LogP contribution >= 0.6 is 0 Å². The number of carbonyl (C=O) groups is 1. The summed E-state index contributed by atoms with van der Waals surface area (Å²) in [7, 11) is 0. The van der Waals surface area contributed by atoms with Crippen molar-refractivity contribution < 1.29 is 4.79 Å². The van der Waals surface area contributed by atoms with Gasteiger partial charge in [-0.3, -0.25) is 4.79 Å². The molecule has 1 aromatic carbocycles. The van der Waals surface area contributed by atoms with Gasteiger partial charge < -0.3 is 9.47 Å². The quantitative estimate of drug-likeness (QED) is 0.725. The van der Waals surface area contributed by atoms with E-state index in [1.807, 2.05) is 42.3 Å². The van der Waals surface area contributed by atoms with Crippen molar-refractivity contribution in [1.29, 1.82) is 0 Å². The molecule has 0 bridgehead atoms. The number of nitrogens with zero attached hydrogens (tertiary/aromatic N) is 4. The Morgan fingerprint density at radius 3 is 2.88 bits per heavy atom. The van der Waals surface area contributed by atoms with Gasteiger partial charge in [-0.1, -0.05) is 17.7 Å². The topological polar surface area (TPSA) is 51.0 Å². The minimum Gasteiger partial charge on any atom is -0.338 e. The molecule has 3 heterocycles. The molecule has 5 nitrogen and oxygen atoms in total. The average molecular weight is 348 g/mol. The summed E-state index contributed by atoms with van der Waals surface area (Å²) in [4.78, 5) is 24.2. The number of aryl methyl sites for hydroxylation is 3. The number of rotatable bonds is 3. The second kappa shape index (κ2) is 6.56. The number of imidazole rings is 1. The fourth-order valence-electron chi connectivity index (χ4n) is 3.98. The van der Waals surface area contributed by atoms with Gasteiger partial charge in [-0.25, -0.2) is 9.97 Å². The summed E-state index contributed by atoms with van der Waals surface area (Å²) in [6.45, 7) is 8.51. The Balaban J connectivity index is 1.60. The van der Waals surface area contributed by atoms with Crippen LogP contribution in [0.1, 0.15) is 46.6 Å². The maximum Gasteiger partial charge on any atom is 0.254 e. The summed E-state index contributed by atoms with van der Waals surface area (Å²) in [5, 5.41) is 0. The zero-order chi connectivity index (χ0) is 18.3. The number of amides is 1. The largest absolute Gasteiger partial charge is 0.338 e. The maximum atomic E-state index is 13.0. The summed E-state index contributed by atoms with van der Waals surface area (Å²) in [6, 6.07) is 9.96. The molecule has 0 N–H and O–H groups in total. The molecule has 0 unspecified atom stereocenters. The summed E-state index contributed by atoms with van der Waals surface area (Å²) in [5.41, 5.74) is 4.90. The first-order chi connectivity index (χ1) is 12.6. The van der Waals surface area contributed by atoms with E-state index in [9.17, 15) is 4.79 Å². The summed E-state index contributed by atoms with van der Waals surface area (Å²) in [6.07, 6.45) is 2.75. The zero-order valence-corrected chi connectivity index (χ0v) is 15.6. The minimum absolute atomic E-state index is 0.127. The molecule has 3 aromatic rings. The second-order valence-corrected chi connectivity index (χ2v) is 7.12. The number of likely N-dealkylation sites (tertiary alicyclic amines) is 1. The van der Waals surface area contributed by atoms with E-state index in [2.05, 4.69) is 29.5 Å². The van der Waals surface area contributed by atoms with Crippen molar-refractivity contribution in [1.82, 2.24) is 19.4 Å². The number of aromatic nitrogens is 3. The van der Waals surface area contributed by atoms with Gasteiger partial charge in [0.05, 0.1) is 0 Å². The molecule has 1 fully saturated rings. The number of fused-ring (bicyclic) bond motifs is 1. The van der Waals surface area contributed by atoms with Gasteiger partial charge in [-0.05, 0) is 51.0 Å². The molecule has 1 atom stereocenters. The van der Waals surface area contributed by atoms with Gasteiger partial charge in [0.25, 0.3) is 5.91 Å². The van der Waals surface area contributed by atoms with E-state index in [1.165, 1.54) is 5.56 Å². The van der Waals surface area contributed by atoms with E-state index in [-0.39, 0.29) is 11.8 Å². The Bertz CT molecular complexity index is 975. The lowest BCUT2D eigenvalue weighted by Gasteiger charge is -2.18. The van der Waals surface area contributed by atoms with E-state index in [0.29, 0.717) is 0 Å². The van der Waals surface area contributed by atoms with Crippen LogP contribution in [0.5, 0.6) is 0 Å². The first-order valence-electron chi connectivity index (χ1n) is 9.26. The van der Waals surface area contributed by atoms with Gasteiger partial charge in [0.2, 0.25) is 0 Å². The molecule has 2 aromatic heterocycles. The fraction of sp³-hybridized carbons (Fsp3) is 0.381. The van der Waals surface area contributed by atoms with Crippen LogP contribution in [0.15, 0.2) is 36.5 Å². The van der Waals surface area contributed by atoms with E-state index in [4.69, 9.17) is 4.98 Å². The molecule has 1 aliphatic heterocycles. The molecule has 5 heteroatoms. The van der Waals surface area contributed by atoms with Gasteiger partial charge in [0, 0.05) is 37.3 Å². The van der Waals surface area contributed by atoms with E-state index in [1.54, 1.807) is 0 Å². The van der Waals surface area contributed by atoms with E-state index in [0.717, 1.165) is 54.2 Å². The molecule has 0 saturated carbocycles. The van der Waals surface area contributed by atoms with Crippen LogP contribution in [-0.4, -0.2) is 38.4 Å². The lowest BCUT2D eigenvalue weighted by Crippen LogP contribution is -2.29. The molecule has 26 heavy (non-hydrogen) atoms. The molecule has 1 saturated heterocycles. The van der Waals surface area contributed by atoms with Crippen LogP contribution in [0, 0.1) is 13.8 Å². The fourth-order valence-corrected chi connectivity index (χ4v) is 3.98. The van der Waals surface area contributed by atoms with Crippen molar-refractivity contribution >= 4 is 17.1 Å². The highest BCUT2D eigenvalue weighted by molar-refractivity contribution is 5.96. The van der Waals surface area contributed by atoms with Crippen LogP contribution < -0.4 is 0 Å². The first kappa shape index (κ1) is 16.8. The van der Waals surface area contributed by atoms with Gasteiger partial charge >= 0.3 is 0 Å². The molecule has 134 valence electrons. The highest BCUT2D eigenvalue weighted by atomic mass is 16.2. The van der Waals surface area contributed by atoms with Gasteiger partial charge in [-0.2, -0.15) is 0 Å². The summed E-state index contributed by atoms with van der Waals surface area (Å²) < 4.78 is 2.19. The molecule has 0 spiro atoms. The standard InChI is InChI=1S/C21H24N4O/c1-4-25-19(23-18-6-5-10-22-20(18)25)16-9-11-24(13-16)21(26)17-8-7-14(2)12-15(17)3/h5-8,10,12,16H,4,9,11,13H2,1-3H3/t16-/m1/s1. The third-order valence-electron chi connectivity index (χ3n) is 5.30. The van der Waals surface area contributed by atoms with Crippen molar-refractivity contribution in [3.8, 4) is 0 Å². The highest BCUT2D eigenvalue weighted by Crippen LogP contribution is 2.30. The molecule has 1 amide bonds. The third kappa shape index (κ3) is 2.77. The molecule has 0 radical (unpaired) electrons. The lowest BCUT2D eigenvalue weighted by molar-refractivity contribution is 0.0789. The van der Waals surface area contributed by atoms with Crippen molar-refractivity contribution in [2.45, 2.75) is 39.7 Å². The van der Waals surface area contributed by atoms with Crippen molar-refractivity contribution in [3.05, 3.63) is 59.0 Å². The molecule has 4 rings (SSSR count). The zero-order valence-electron chi connectivity index (χ0n) is 15.6. The van der Waals surface area contributed by atoms with Crippen LogP contribution in [0.3, 0.4) is 0 Å². The molecular weight excluding hydrogens is 324 g/mol. The molecular formula is C21H24N4O. The van der Waals surface area contributed by atoms with Gasteiger partial charge in [-0.15, -0.1) is 0 Å². The van der Waals surface area contributed by atoms with Crippen LogP contribution in [0.4, 0.5) is 0 Å². The number of carbonyl (C=O) groups excluding carboxylic acids is 1. The normalized spacial score (nSPS) is 17.2. The third-order valence-corrected chi connectivity index (χ3v) is 5.30. The van der Waals surface area contributed by atoms with Crippen molar-refractivity contribution in [3.63, 3.8) is 0 Å². The van der Waals surface area contributed by atoms with Gasteiger partial charge in [0.15, 0.2) is 5.65 Å². The Labute approximate surface area is 153 Å². The van der Waals surface area contributed by atoms with Crippen molar-refractivity contribution in [2.75, 3.05) is 13.1 Å². The minimum atomic E-state index is 0.127. The maximum absolute atomic E-state index is 13.0.